The summed E-state index contributed by atoms with van der Waals surface area (Å²) in [7, 11) is 0. The van der Waals surface area contributed by atoms with E-state index in [9.17, 15) is 4.79 Å². The zero-order valence-electron chi connectivity index (χ0n) is 10.5. The van der Waals surface area contributed by atoms with E-state index in [1.165, 1.54) is 19.3 Å². The van der Waals surface area contributed by atoms with Crippen molar-refractivity contribution in [1.29, 1.82) is 0 Å². The molecule has 0 aromatic heterocycles. The highest BCUT2D eigenvalue weighted by atomic mass is 35.5. The summed E-state index contributed by atoms with van der Waals surface area (Å²) < 4.78 is 0. The highest BCUT2D eigenvalue weighted by Crippen LogP contribution is 2.29. The van der Waals surface area contributed by atoms with Crippen LogP contribution in [0.3, 0.4) is 0 Å². The van der Waals surface area contributed by atoms with Crippen molar-refractivity contribution < 1.29 is 9.90 Å². The van der Waals surface area contributed by atoms with Gasteiger partial charge < -0.3 is 10.0 Å². The molecular formula is C14H18ClNO2. The number of benzene rings is 1. The Labute approximate surface area is 112 Å². The summed E-state index contributed by atoms with van der Waals surface area (Å²) in [6.07, 6.45) is 3.70. The lowest BCUT2D eigenvalue weighted by Gasteiger charge is -2.19. The van der Waals surface area contributed by atoms with Gasteiger partial charge in [-0.3, -0.25) is 0 Å². The Hall–Kier alpha value is -1.22. The summed E-state index contributed by atoms with van der Waals surface area (Å²) >= 11 is 5.99. The molecule has 0 amide bonds. The molecule has 1 aliphatic heterocycles. The van der Waals surface area contributed by atoms with Crippen molar-refractivity contribution in [3.63, 3.8) is 0 Å². The number of carboxylic acid groups (broad SMARTS) is 1. The zero-order chi connectivity index (χ0) is 13.1. The molecule has 1 fully saturated rings. The van der Waals surface area contributed by atoms with E-state index >= 15 is 0 Å². The summed E-state index contributed by atoms with van der Waals surface area (Å²) in [6, 6.07) is 5.20. The van der Waals surface area contributed by atoms with Gasteiger partial charge in [-0.2, -0.15) is 0 Å². The normalized spacial score (nSPS) is 19.2. The summed E-state index contributed by atoms with van der Waals surface area (Å²) in [4.78, 5) is 13.2. The zero-order valence-corrected chi connectivity index (χ0v) is 11.3. The number of nitrogens with zero attached hydrogens (tertiary/aromatic N) is 1. The second-order valence-electron chi connectivity index (χ2n) is 4.86. The molecule has 0 bridgehead atoms. The van der Waals surface area contributed by atoms with Crippen LogP contribution in [-0.4, -0.2) is 24.2 Å². The number of halogens is 1. The van der Waals surface area contributed by atoms with Gasteiger partial charge >= 0.3 is 5.97 Å². The molecular weight excluding hydrogens is 250 g/mol. The predicted molar refractivity (Wildman–Crippen MR) is 73.6 cm³/mol. The number of hydrogen-bond acceptors (Lipinski definition) is 2. The molecule has 4 heteroatoms. The molecule has 98 valence electrons. The minimum atomic E-state index is -0.975. The fourth-order valence-electron chi connectivity index (χ4n) is 2.59. The average molecular weight is 268 g/mol. The third-order valence-corrected chi connectivity index (χ3v) is 3.84. The third kappa shape index (κ3) is 2.78. The van der Waals surface area contributed by atoms with E-state index in [1.807, 2.05) is 6.07 Å². The summed E-state index contributed by atoms with van der Waals surface area (Å²) in [5, 5.41) is 9.25. The van der Waals surface area contributed by atoms with Crippen molar-refractivity contribution in [3.05, 3.63) is 28.8 Å². The predicted octanol–water partition coefficient (Wildman–Crippen LogP) is 3.66. The van der Waals surface area contributed by atoms with Gasteiger partial charge in [0.2, 0.25) is 0 Å². The Morgan fingerprint density at radius 2 is 2.33 bits per heavy atom. The lowest BCUT2D eigenvalue weighted by Crippen LogP contribution is -2.19. The van der Waals surface area contributed by atoms with Crippen LogP contribution in [0.1, 0.15) is 36.5 Å². The fourth-order valence-corrected chi connectivity index (χ4v) is 2.84. The lowest BCUT2D eigenvalue weighted by molar-refractivity contribution is 0.0697. The third-order valence-electron chi connectivity index (χ3n) is 3.53. The molecule has 1 aromatic carbocycles. The fraction of sp³-hybridized carbons (Fsp3) is 0.500. The first-order valence-electron chi connectivity index (χ1n) is 6.39. The van der Waals surface area contributed by atoms with Gasteiger partial charge in [0.1, 0.15) is 0 Å². The van der Waals surface area contributed by atoms with Crippen LogP contribution in [0.5, 0.6) is 0 Å². The Morgan fingerprint density at radius 3 is 2.94 bits per heavy atom. The smallest absolute Gasteiger partial charge is 0.337 e. The number of hydrogen-bond donors (Lipinski definition) is 1. The van der Waals surface area contributed by atoms with Gasteiger partial charge in [0.05, 0.1) is 10.6 Å². The SMILES string of the molecule is CCCC1CCN(c2ccc(C(=O)O)c(Cl)c2)C1. The van der Waals surface area contributed by atoms with E-state index in [1.54, 1.807) is 12.1 Å². The maximum Gasteiger partial charge on any atom is 0.337 e. The molecule has 1 aromatic rings. The van der Waals surface area contributed by atoms with Gasteiger partial charge in [-0.1, -0.05) is 24.9 Å². The van der Waals surface area contributed by atoms with E-state index in [4.69, 9.17) is 16.7 Å². The number of anilines is 1. The van der Waals surface area contributed by atoms with Crippen LogP contribution in [0.15, 0.2) is 18.2 Å². The molecule has 1 unspecified atom stereocenters. The molecule has 1 N–H and O–H groups in total. The Morgan fingerprint density at radius 1 is 1.56 bits per heavy atom. The second-order valence-corrected chi connectivity index (χ2v) is 5.27. The van der Waals surface area contributed by atoms with Crippen molar-refractivity contribution in [2.45, 2.75) is 26.2 Å². The largest absolute Gasteiger partial charge is 0.478 e. The molecule has 0 spiro atoms. The van der Waals surface area contributed by atoms with Crippen LogP contribution in [0, 0.1) is 5.92 Å². The van der Waals surface area contributed by atoms with Crippen LogP contribution in [-0.2, 0) is 0 Å². The van der Waals surface area contributed by atoms with Crippen LogP contribution in [0.2, 0.25) is 5.02 Å². The molecule has 2 rings (SSSR count). The molecule has 0 radical (unpaired) electrons. The van der Waals surface area contributed by atoms with Crippen molar-refractivity contribution in [1.82, 2.24) is 0 Å². The van der Waals surface area contributed by atoms with Gasteiger partial charge in [0, 0.05) is 18.8 Å². The number of rotatable bonds is 4. The van der Waals surface area contributed by atoms with E-state index < -0.39 is 5.97 Å². The van der Waals surface area contributed by atoms with E-state index in [2.05, 4.69) is 11.8 Å². The van der Waals surface area contributed by atoms with E-state index in [0.29, 0.717) is 5.02 Å². The molecule has 0 aliphatic carbocycles. The number of aromatic carboxylic acids is 1. The maximum atomic E-state index is 10.9. The number of carbonyl (C=O) groups is 1. The Balaban J connectivity index is 2.11. The van der Waals surface area contributed by atoms with Gasteiger partial charge in [-0.15, -0.1) is 0 Å². The first-order chi connectivity index (χ1) is 8.61. The van der Waals surface area contributed by atoms with Crippen LogP contribution in [0.25, 0.3) is 0 Å². The van der Waals surface area contributed by atoms with Crippen LogP contribution >= 0.6 is 11.6 Å². The van der Waals surface area contributed by atoms with E-state index in [0.717, 1.165) is 24.7 Å². The molecule has 1 saturated heterocycles. The maximum absolute atomic E-state index is 10.9. The van der Waals surface area contributed by atoms with Gasteiger partial charge in [-0.05, 0) is 37.0 Å². The van der Waals surface area contributed by atoms with Crippen LogP contribution < -0.4 is 4.90 Å². The molecule has 3 nitrogen and oxygen atoms in total. The first kappa shape index (κ1) is 13.2. The second kappa shape index (κ2) is 5.61. The Bertz CT molecular complexity index is 447. The highest BCUT2D eigenvalue weighted by molar-refractivity contribution is 6.33. The minimum Gasteiger partial charge on any atom is -0.478 e. The topological polar surface area (TPSA) is 40.5 Å². The average Bonchev–Trinajstić information content (AvgIpc) is 2.77. The summed E-state index contributed by atoms with van der Waals surface area (Å²) in [5.41, 5.74) is 1.20. The van der Waals surface area contributed by atoms with Crippen molar-refractivity contribution in [2.24, 2.45) is 5.92 Å². The number of carboxylic acids is 1. The quantitative estimate of drug-likeness (QED) is 0.905. The molecule has 1 aliphatic rings. The van der Waals surface area contributed by atoms with Gasteiger partial charge in [0.15, 0.2) is 0 Å². The molecule has 18 heavy (non-hydrogen) atoms. The standard InChI is InChI=1S/C14H18ClNO2/c1-2-3-10-6-7-16(9-10)11-4-5-12(14(17)18)13(15)8-11/h4-5,8,10H,2-3,6-7,9H2,1H3,(H,17,18). The molecule has 1 atom stereocenters. The monoisotopic (exact) mass is 267 g/mol. The highest BCUT2D eigenvalue weighted by Gasteiger charge is 2.22. The first-order valence-corrected chi connectivity index (χ1v) is 6.77. The van der Waals surface area contributed by atoms with Gasteiger partial charge in [-0.25, -0.2) is 4.79 Å². The van der Waals surface area contributed by atoms with Crippen molar-refractivity contribution >= 4 is 23.3 Å². The van der Waals surface area contributed by atoms with Crippen molar-refractivity contribution in [3.8, 4) is 0 Å². The summed E-state index contributed by atoms with van der Waals surface area (Å²) in [6.45, 7) is 4.30. The Kier molecular flexibility index (Phi) is 4.12. The van der Waals surface area contributed by atoms with Gasteiger partial charge in [0.25, 0.3) is 0 Å². The summed E-state index contributed by atoms with van der Waals surface area (Å²) in [5.74, 6) is -0.218. The molecule has 0 saturated carbocycles. The van der Waals surface area contributed by atoms with Crippen LogP contribution in [0.4, 0.5) is 5.69 Å². The minimum absolute atomic E-state index is 0.171. The molecule has 1 heterocycles. The van der Waals surface area contributed by atoms with Crippen molar-refractivity contribution in [2.75, 3.05) is 18.0 Å². The lowest BCUT2D eigenvalue weighted by atomic mass is 10.0. The van der Waals surface area contributed by atoms with E-state index in [-0.39, 0.29) is 5.56 Å².